The number of benzene rings is 2. The Morgan fingerprint density at radius 1 is 1.21 bits per heavy atom. The molecule has 7 nitrogen and oxygen atoms in total. The molecule has 0 bridgehead atoms. The molecule has 0 unspecified atom stereocenters. The number of nitrogens with one attached hydrogen (secondary N) is 2. The number of carbonyl (C=O) groups excluding carboxylic acids is 1. The summed E-state index contributed by atoms with van der Waals surface area (Å²) in [5.74, 6) is 0.574. The molecular weight excluding hydrogens is 366 g/mol. The Morgan fingerprint density at radius 3 is 2.86 bits per heavy atom. The van der Waals surface area contributed by atoms with Crippen LogP contribution in [0.25, 0.3) is 22.0 Å². The Hall–Kier alpha value is -3.61. The number of rotatable bonds is 7. The van der Waals surface area contributed by atoms with Crippen LogP contribution in [-0.2, 0) is 13.1 Å². The molecule has 0 aliphatic rings. The summed E-state index contributed by atoms with van der Waals surface area (Å²) in [5.41, 5.74) is 4.39. The minimum absolute atomic E-state index is 0.191. The van der Waals surface area contributed by atoms with Crippen LogP contribution in [0, 0.1) is 0 Å². The van der Waals surface area contributed by atoms with Crippen LogP contribution in [0.3, 0.4) is 0 Å². The molecule has 2 N–H and O–H groups in total. The third-order valence-corrected chi connectivity index (χ3v) is 4.82. The average molecular weight is 389 g/mol. The van der Waals surface area contributed by atoms with Crippen molar-refractivity contribution in [1.82, 2.24) is 25.3 Å². The van der Waals surface area contributed by atoms with Gasteiger partial charge in [-0.05, 0) is 41.8 Å². The zero-order valence-electron chi connectivity index (χ0n) is 16.5. The van der Waals surface area contributed by atoms with Gasteiger partial charge in [0.05, 0.1) is 18.8 Å². The number of nitrogens with zero attached hydrogens (tertiary/aromatic N) is 3. The van der Waals surface area contributed by atoms with E-state index in [1.807, 2.05) is 47.3 Å². The summed E-state index contributed by atoms with van der Waals surface area (Å²) >= 11 is 0. The van der Waals surface area contributed by atoms with E-state index < -0.39 is 0 Å². The number of aryl methyl sites for hydroxylation is 1. The third-order valence-electron chi connectivity index (χ3n) is 4.82. The van der Waals surface area contributed by atoms with E-state index in [1.54, 1.807) is 13.3 Å². The van der Waals surface area contributed by atoms with Gasteiger partial charge in [0.15, 0.2) is 5.69 Å². The lowest BCUT2D eigenvalue weighted by Crippen LogP contribution is -2.23. The lowest BCUT2D eigenvalue weighted by Gasteiger charge is -2.06. The predicted octanol–water partition coefficient (Wildman–Crippen LogP) is 3.78. The summed E-state index contributed by atoms with van der Waals surface area (Å²) in [6.45, 7) is 3.25. The first-order valence-electron chi connectivity index (χ1n) is 9.60. The summed E-state index contributed by atoms with van der Waals surface area (Å²) in [7, 11) is 1.63. The maximum Gasteiger partial charge on any atom is 0.272 e. The maximum absolute atomic E-state index is 12.9. The molecule has 0 saturated carbocycles. The van der Waals surface area contributed by atoms with E-state index in [-0.39, 0.29) is 5.91 Å². The second-order valence-electron chi connectivity index (χ2n) is 6.82. The van der Waals surface area contributed by atoms with E-state index in [0.717, 1.165) is 46.3 Å². The van der Waals surface area contributed by atoms with Crippen LogP contribution < -0.4 is 10.1 Å². The van der Waals surface area contributed by atoms with Crippen LogP contribution in [-0.4, -0.2) is 33.0 Å². The Morgan fingerprint density at radius 2 is 2.10 bits per heavy atom. The number of aromatic nitrogens is 4. The number of ether oxygens (including phenoxy) is 1. The van der Waals surface area contributed by atoms with Gasteiger partial charge in [0.25, 0.3) is 5.91 Å². The van der Waals surface area contributed by atoms with Crippen molar-refractivity contribution in [2.75, 3.05) is 7.11 Å². The molecular formula is C22H23N5O2. The highest BCUT2D eigenvalue weighted by Gasteiger charge is 2.18. The SMILES string of the molecule is CCCn1nc(C(=O)NCc2cccc(OC)c2)c2ccc(-c3cn[nH]c3)cc21. The Balaban J connectivity index is 1.62. The summed E-state index contributed by atoms with van der Waals surface area (Å²) in [6.07, 6.45) is 4.56. The van der Waals surface area contributed by atoms with E-state index in [0.29, 0.717) is 12.2 Å². The van der Waals surface area contributed by atoms with Crippen LogP contribution in [0.1, 0.15) is 29.4 Å². The highest BCUT2D eigenvalue weighted by molar-refractivity contribution is 6.05. The first-order valence-corrected chi connectivity index (χ1v) is 9.60. The molecule has 0 aliphatic heterocycles. The molecule has 0 aliphatic carbocycles. The quantitative estimate of drug-likeness (QED) is 0.504. The number of carbonyl (C=O) groups is 1. The Labute approximate surface area is 168 Å². The van der Waals surface area contributed by atoms with E-state index in [2.05, 4.69) is 33.6 Å². The third kappa shape index (κ3) is 3.85. The molecule has 4 rings (SSSR count). The van der Waals surface area contributed by atoms with Crippen LogP contribution in [0.15, 0.2) is 54.9 Å². The minimum atomic E-state index is -0.191. The minimum Gasteiger partial charge on any atom is -0.497 e. The molecule has 0 radical (unpaired) electrons. The fourth-order valence-electron chi connectivity index (χ4n) is 3.36. The van der Waals surface area contributed by atoms with Crippen LogP contribution >= 0.6 is 0 Å². The number of methoxy groups -OCH3 is 1. The number of amides is 1. The van der Waals surface area contributed by atoms with Crippen molar-refractivity contribution in [1.29, 1.82) is 0 Å². The van der Waals surface area contributed by atoms with Crippen molar-refractivity contribution in [3.8, 4) is 16.9 Å². The summed E-state index contributed by atoms with van der Waals surface area (Å²) in [4.78, 5) is 12.9. The van der Waals surface area contributed by atoms with Gasteiger partial charge in [-0.15, -0.1) is 0 Å². The van der Waals surface area contributed by atoms with Gasteiger partial charge < -0.3 is 10.1 Å². The molecule has 0 atom stereocenters. The molecule has 148 valence electrons. The zero-order valence-corrected chi connectivity index (χ0v) is 16.5. The lowest BCUT2D eigenvalue weighted by molar-refractivity contribution is 0.0946. The summed E-state index contributed by atoms with van der Waals surface area (Å²) in [5, 5.41) is 15.3. The van der Waals surface area contributed by atoms with Gasteiger partial charge in [-0.1, -0.05) is 25.1 Å². The van der Waals surface area contributed by atoms with Crippen LogP contribution in [0.4, 0.5) is 0 Å². The maximum atomic E-state index is 12.9. The topological polar surface area (TPSA) is 84.8 Å². The number of H-pyrrole nitrogens is 1. The second kappa shape index (κ2) is 8.18. The smallest absolute Gasteiger partial charge is 0.272 e. The van der Waals surface area contributed by atoms with E-state index >= 15 is 0 Å². The average Bonchev–Trinajstić information content (AvgIpc) is 3.41. The van der Waals surface area contributed by atoms with Crippen LogP contribution in [0.2, 0.25) is 0 Å². The number of aromatic amines is 1. The molecule has 1 amide bonds. The van der Waals surface area contributed by atoms with E-state index in [1.165, 1.54) is 0 Å². The fourth-order valence-corrected chi connectivity index (χ4v) is 3.36. The van der Waals surface area contributed by atoms with E-state index in [9.17, 15) is 4.79 Å². The van der Waals surface area contributed by atoms with Crippen LogP contribution in [0.5, 0.6) is 5.75 Å². The van der Waals surface area contributed by atoms with Gasteiger partial charge in [-0.25, -0.2) is 0 Å². The monoisotopic (exact) mass is 389 g/mol. The normalized spacial score (nSPS) is 11.0. The highest BCUT2D eigenvalue weighted by atomic mass is 16.5. The molecule has 0 saturated heterocycles. The van der Waals surface area contributed by atoms with Crippen molar-refractivity contribution in [3.05, 3.63) is 66.1 Å². The van der Waals surface area contributed by atoms with Crippen molar-refractivity contribution in [2.24, 2.45) is 0 Å². The van der Waals surface area contributed by atoms with Crippen molar-refractivity contribution >= 4 is 16.8 Å². The lowest BCUT2D eigenvalue weighted by atomic mass is 10.1. The predicted molar refractivity (Wildman–Crippen MR) is 112 cm³/mol. The van der Waals surface area contributed by atoms with Crippen molar-refractivity contribution < 1.29 is 9.53 Å². The molecule has 2 aromatic carbocycles. The second-order valence-corrected chi connectivity index (χ2v) is 6.82. The molecule has 0 spiro atoms. The first-order chi connectivity index (χ1) is 14.2. The molecule has 29 heavy (non-hydrogen) atoms. The number of hydrogen-bond donors (Lipinski definition) is 2. The zero-order chi connectivity index (χ0) is 20.2. The van der Waals surface area contributed by atoms with E-state index in [4.69, 9.17) is 4.74 Å². The first kappa shape index (κ1) is 18.7. The molecule has 4 aromatic rings. The van der Waals surface area contributed by atoms with Crippen molar-refractivity contribution in [2.45, 2.75) is 26.4 Å². The summed E-state index contributed by atoms with van der Waals surface area (Å²) in [6, 6.07) is 13.6. The largest absolute Gasteiger partial charge is 0.497 e. The molecule has 0 fully saturated rings. The fraction of sp³-hybridized carbons (Fsp3) is 0.227. The number of fused-ring (bicyclic) bond motifs is 1. The van der Waals surface area contributed by atoms with Gasteiger partial charge in [-0.2, -0.15) is 10.2 Å². The van der Waals surface area contributed by atoms with Crippen molar-refractivity contribution in [3.63, 3.8) is 0 Å². The van der Waals surface area contributed by atoms with Gasteiger partial charge >= 0.3 is 0 Å². The number of hydrogen-bond acceptors (Lipinski definition) is 4. The molecule has 2 heterocycles. The molecule has 7 heteroatoms. The van der Waals surface area contributed by atoms with Gasteiger partial charge in [0, 0.05) is 30.2 Å². The Bertz CT molecular complexity index is 1130. The highest BCUT2D eigenvalue weighted by Crippen LogP contribution is 2.26. The molecule has 2 aromatic heterocycles. The summed E-state index contributed by atoms with van der Waals surface area (Å²) < 4.78 is 7.14. The van der Waals surface area contributed by atoms with Gasteiger partial charge in [0.1, 0.15) is 5.75 Å². The standard InChI is InChI=1S/C22H23N5O2/c1-3-9-27-20-11-16(17-13-24-25-14-17)7-8-19(20)21(26-27)22(28)23-12-15-5-4-6-18(10-15)29-2/h4-8,10-11,13-14H,3,9,12H2,1-2H3,(H,23,28)(H,24,25). The Kier molecular flexibility index (Phi) is 5.29. The van der Waals surface area contributed by atoms with Gasteiger partial charge in [0.2, 0.25) is 0 Å². The van der Waals surface area contributed by atoms with Gasteiger partial charge in [-0.3, -0.25) is 14.6 Å².